The van der Waals surface area contributed by atoms with E-state index < -0.39 is 0 Å². The summed E-state index contributed by atoms with van der Waals surface area (Å²) in [7, 11) is 1.58. The number of rotatable bonds is 2. The van der Waals surface area contributed by atoms with Crippen molar-refractivity contribution in [1.29, 1.82) is 0 Å². The van der Waals surface area contributed by atoms with Gasteiger partial charge < -0.3 is 4.74 Å². The third-order valence-electron chi connectivity index (χ3n) is 2.44. The zero-order valence-electron chi connectivity index (χ0n) is 9.00. The van der Waals surface area contributed by atoms with E-state index in [0.717, 1.165) is 11.3 Å². The van der Waals surface area contributed by atoms with E-state index in [4.69, 9.17) is 4.74 Å². The number of aromatic nitrogens is 3. The predicted molar refractivity (Wildman–Crippen MR) is 56.0 cm³/mol. The number of ether oxygens (including phenoxy) is 1. The van der Waals surface area contributed by atoms with Crippen LogP contribution >= 0.6 is 0 Å². The second-order valence-electron chi connectivity index (χ2n) is 3.54. The van der Waals surface area contributed by atoms with Crippen LogP contribution in [0.5, 0.6) is 0 Å². The lowest BCUT2D eigenvalue weighted by Gasteiger charge is -1.99. The lowest BCUT2D eigenvalue weighted by Crippen LogP contribution is -2.15. The Bertz CT molecular complexity index is 554. The fourth-order valence-electron chi connectivity index (χ4n) is 1.53. The fourth-order valence-corrected chi connectivity index (χ4v) is 1.53. The molecule has 2 aromatic rings. The molecule has 0 saturated carbocycles. The molecule has 0 radical (unpaired) electrons. The molecular weight excluding hydrogens is 194 g/mol. The van der Waals surface area contributed by atoms with Gasteiger partial charge in [-0.3, -0.25) is 9.89 Å². The third-order valence-corrected chi connectivity index (χ3v) is 2.44. The fraction of sp³-hybridized carbons (Fsp3) is 0.400. The first-order valence-electron chi connectivity index (χ1n) is 4.70. The van der Waals surface area contributed by atoms with Crippen molar-refractivity contribution in [1.82, 2.24) is 14.6 Å². The molecule has 2 rings (SSSR count). The van der Waals surface area contributed by atoms with E-state index in [1.54, 1.807) is 7.11 Å². The molecule has 0 unspecified atom stereocenters. The summed E-state index contributed by atoms with van der Waals surface area (Å²) in [4.78, 5) is 16.0. The second kappa shape index (κ2) is 3.51. The number of aryl methyl sites for hydroxylation is 2. The van der Waals surface area contributed by atoms with Gasteiger partial charge in [-0.2, -0.15) is 0 Å². The van der Waals surface area contributed by atoms with Crippen LogP contribution in [0.15, 0.2) is 10.9 Å². The monoisotopic (exact) mass is 207 g/mol. The SMILES string of the molecule is COCc1cc(=O)n2[nH]c(C)c(C)c2n1. The zero-order valence-corrected chi connectivity index (χ0v) is 9.00. The summed E-state index contributed by atoms with van der Waals surface area (Å²) in [5, 5.41) is 2.97. The third kappa shape index (κ3) is 1.55. The first-order valence-corrected chi connectivity index (χ1v) is 4.70. The standard InChI is InChI=1S/C10H13N3O2/c1-6-7(2)12-13-9(14)4-8(5-15-3)11-10(6)13/h4,12H,5H2,1-3H3. The van der Waals surface area contributed by atoms with Gasteiger partial charge in [0.1, 0.15) is 0 Å². The molecule has 0 aliphatic heterocycles. The van der Waals surface area contributed by atoms with Gasteiger partial charge in [0.05, 0.1) is 12.3 Å². The van der Waals surface area contributed by atoms with E-state index in [-0.39, 0.29) is 5.56 Å². The molecule has 80 valence electrons. The summed E-state index contributed by atoms with van der Waals surface area (Å²) in [6.45, 7) is 4.21. The zero-order chi connectivity index (χ0) is 11.0. The number of hydrogen-bond acceptors (Lipinski definition) is 3. The molecule has 5 nitrogen and oxygen atoms in total. The van der Waals surface area contributed by atoms with Gasteiger partial charge in [0, 0.05) is 24.4 Å². The van der Waals surface area contributed by atoms with E-state index in [2.05, 4.69) is 10.1 Å². The highest BCUT2D eigenvalue weighted by molar-refractivity contribution is 5.48. The minimum atomic E-state index is -0.108. The maximum absolute atomic E-state index is 11.7. The van der Waals surface area contributed by atoms with Crippen molar-refractivity contribution in [2.24, 2.45) is 0 Å². The second-order valence-corrected chi connectivity index (χ2v) is 3.54. The van der Waals surface area contributed by atoms with Crippen molar-refractivity contribution in [2.75, 3.05) is 7.11 Å². The summed E-state index contributed by atoms with van der Waals surface area (Å²) in [5.74, 6) is 0. The predicted octanol–water partition coefficient (Wildman–Crippen LogP) is 0.786. The van der Waals surface area contributed by atoms with E-state index in [1.807, 2.05) is 13.8 Å². The molecule has 0 aliphatic rings. The Morgan fingerprint density at radius 3 is 2.93 bits per heavy atom. The molecule has 0 fully saturated rings. The average Bonchev–Trinajstić information content (AvgIpc) is 2.46. The topological polar surface area (TPSA) is 59.4 Å². The van der Waals surface area contributed by atoms with Crippen molar-refractivity contribution < 1.29 is 4.74 Å². The normalized spacial score (nSPS) is 11.1. The van der Waals surface area contributed by atoms with Crippen molar-refractivity contribution in [3.05, 3.63) is 33.4 Å². The van der Waals surface area contributed by atoms with Crippen molar-refractivity contribution >= 4 is 5.65 Å². The van der Waals surface area contributed by atoms with Gasteiger partial charge >= 0.3 is 0 Å². The van der Waals surface area contributed by atoms with Gasteiger partial charge in [-0.1, -0.05) is 0 Å². The average molecular weight is 207 g/mol. The smallest absolute Gasteiger partial charge is 0.272 e. The molecule has 0 spiro atoms. The van der Waals surface area contributed by atoms with Gasteiger partial charge in [-0.15, -0.1) is 0 Å². The van der Waals surface area contributed by atoms with Crippen LogP contribution in [0.3, 0.4) is 0 Å². The van der Waals surface area contributed by atoms with Gasteiger partial charge in [0.15, 0.2) is 5.65 Å². The molecule has 0 atom stereocenters. The van der Waals surface area contributed by atoms with Gasteiger partial charge in [0.25, 0.3) is 5.56 Å². The molecule has 2 aromatic heterocycles. The summed E-state index contributed by atoms with van der Waals surface area (Å²) in [6.07, 6.45) is 0. The number of nitrogens with zero attached hydrogens (tertiary/aromatic N) is 2. The van der Waals surface area contributed by atoms with E-state index in [1.165, 1.54) is 10.6 Å². The van der Waals surface area contributed by atoms with Crippen LogP contribution in [-0.2, 0) is 11.3 Å². The number of methoxy groups -OCH3 is 1. The molecule has 5 heteroatoms. The molecule has 2 heterocycles. The Hall–Kier alpha value is -1.62. The van der Waals surface area contributed by atoms with Crippen LogP contribution in [-0.4, -0.2) is 21.7 Å². The highest BCUT2D eigenvalue weighted by Gasteiger charge is 2.08. The number of nitrogens with one attached hydrogen (secondary N) is 1. The van der Waals surface area contributed by atoms with Gasteiger partial charge in [-0.25, -0.2) is 9.50 Å². The summed E-state index contributed by atoms with van der Waals surface area (Å²) in [6, 6.07) is 1.48. The van der Waals surface area contributed by atoms with E-state index in [0.29, 0.717) is 17.9 Å². The molecule has 0 aliphatic carbocycles. The molecule has 0 saturated heterocycles. The Labute approximate surface area is 86.7 Å². The van der Waals surface area contributed by atoms with Crippen LogP contribution in [0.4, 0.5) is 0 Å². The Morgan fingerprint density at radius 2 is 2.27 bits per heavy atom. The van der Waals surface area contributed by atoms with Crippen molar-refractivity contribution in [2.45, 2.75) is 20.5 Å². The lowest BCUT2D eigenvalue weighted by atomic mass is 10.3. The first kappa shape index (κ1) is 9.92. The van der Waals surface area contributed by atoms with E-state index in [9.17, 15) is 4.79 Å². The van der Waals surface area contributed by atoms with Crippen LogP contribution in [0.25, 0.3) is 5.65 Å². The highest BCUT2D eigenvalue weighted by atomic mass is 16.5. The Kier molecular flexibility index (Phi) is 2.32. The number of H-pyrrole nitrogens is 1. The highest BCUT2D eigenvalue weighted by Crippen LogP contribution is 2.09. The Balaban J connectivity index is 2.74. The molecule has 1 N–H and O–H groups in total. The van der Waals surface area contributed by atoms with Crippen LogP contribution in [0, 0.1) is 13.8 Å². The summed E-state index contributed by atoms with van der Waals surface area (Å²) in [5.41, 5.74) is 3.17. The van der Waals surface area contributed by atoms with Crippen LogP contribution in [0.2, 0.25) is 0 Å². The van der Waals surface area contributed by atoms with Crippen molar-refractivity contribution in [3.8, 4) is 0 Å². The first-order chi connectivity index (χ1) is 7.13. The minimum Gasteiger partial charge on any atom is -0.378 e. The molecule has 15 heavy (non-hydrogen) atoms. The number of hydrogen-bond donors (Lipinski definition) is 1. The van der Waals surface area contributed by atoms with E-state index >= 15 is 0 Å². The summed E-state index contributed by atoms with van der Waals surface area (Å²) >= 11 is 0. The molecular formula is C10H13N3O2. The maximum atomic E-state index is 11.7. The molecule has 0 aromatic carbocycles. The molecule has 0 bridgehead atoms. The summed E-state index contributed by atoms with van der Waals surface area (Å²) < 4.78 is 6.41. The quantitative estimate of drug-likeness (QED) is 0.791. The maximum Gasteiger partial charge on any atom is 0.272 e. The van der Waals surface area contributed by atoms with Gasteiger partial charge in [0.2, 0.25) is 0 Å². The largest absolute Gasteiger partial charge is 0.378 e. The lowest BCUT2D eigenvalue weighted by molar-refractivity contribution is 0.181. The minimum absolute atomic E-state index is 0.108. The number of aromatic amines is 1. The number of fused-ring (bicyclic) bond motifs is 1. The van der Waals surface area contributed by atoms with Crippen molar-refractivity contribution in [3.63, 3.8) is 0 Å². The van der Waals surface area contributed by atoms with Crippen LogP contribution in [0.1, 0.15) is 17.0 Å². The molecule has 0 amide bonds. The van der Waals surface area contributed by atoms with Gasteiger partial charge in [-0.05, 0) is 13.8 Å². The Morgan fingerprint density at radius 1 is 1.53 bits per heavy atom. The van der Waals surface area contributed by atoms with Crippen LogP contribution < -0.4 is 5.56 Å².